The SMILES string of the molecule is CC(C)(C)c1cc(-c2nc3cccc(-c4cc(-c5cc(-c6ccccc6)ccn5)cc(C#N)c4-c4ccccc4)c3[nH]2)c(O)c(C(C)(C)C)c1. The number of nitriles is 1. The molecule has 5 heteroatoms. The zero-order valence-electron chi connectivity index (χ0n) is 29.3. The standard InChI is InChI=1S/C45H40N4O/c1-44(2,3)33-25-36(42(50)37(26-33)45(4,5)6)43-48-38-19-13-18-34(41(38)49-43)35-23-31(22-32(27-46)40(35)29-16-11-8-12-17-29)39-24-30(20-21-47-39)28-14-9-7-10-15-28/h7-26,50H,1-6H3,(H,48,49). The molecule has 246 valence electrons. The number of aromatic hydroxyl groups is 1. The van der Waals surface area contributed by atoms with Crippen molar-refractivity contribution in [2.75, 3.05) is 0 Å². The van der Waals surface area contributed by atoms with Gasteiger partial charge in [-0.25, -0.2) is 4.98 Å². The molecule has 0 aliphatic heterocycles. The summed E-state index contributed by atoms with van der Waals surface area (Å²) in [6, 6.07) is 41.1. The zero-order valence-corrected chi connectivity index (χ0v) is 29.3. The van der Waals surface area contributed by atoms with E-state index < -0.39 is 0 Å². The number of para-hydroxylation sites is 1. The fraction of sp³-hybridized carbons (Fsp3) is 0.178. The number of fused-ring (bicyclic) bond motifs is 1. The number of imidazole rings is 1. The molecule has 2 aromatic heterocycles. The third-order valence-corrected chi connectivity index (χ3v) is 9.33. The number of rotatable bonds is 5. The third kappa shape index (κ3) is 6.06. The molecular formula is C45H40N4O. The first-order valence-electron chi connectivity index (χ1n) is 17.0. The highest BCUT2D eigenvalue weighted by atomic mass is 16.3. The highest BCUT2D eigenvalue weighted by Crippen LogP contribution is 2.44. The van der Waals surface area contributed by atoms with E-state index in [2.05, 4.69) is 95.1 Å². The maximum Gasteiger partial charge on any atom is 0.142 e. The predicted molar refractivity (Wildman–Crippen MR) is 205 cm³/mol. The molecule has 2 N–H and O–H groups in total. The maximum absolute atomic E-state index is 11.7. The minimum atomic E-state index is -0.276. The summed E-state index contributed by atoms with van der Waals surface area (Å²) in [6.07, 6.45) is 1.82. The minimum absolute atomic E-state index is 0.135. The lowest BCUT2D eigenvalue weighted by atomic mass is 9.79. The number of hydrogen-bond donors (Lipinski definition) is 2. The van der Waals surface area contributed by atoms with Crippen LogP contribution in [-0.4, -0.2) is 20.1 Å². The number of nitrogens with one attached hydrogen (secondary N) is 1. The van der Waals surface area contributed by atoms with Crippen molar-refractivity contribution >= 4 is 11.0 Å². The molecule has 0 bridgehead atoms. The van der Waals surface area contributed by atoms with Gasteiger partial charge in [0.05, 0.1) is 33.9 Å². The van der Waals surface area contributed by atoms with E-state index >= 15 is 0 Å². The molecule has 5 aromatic carbocycles. The fourth-order valence-electron chi connectivity index (χ4n) is 6.61. The number of H-pyrrole nitrogens is 1. The first kappa shape index (κ1) is 32.6. The molecule has 0 atom stereocenters. The van der Waals surface area contributed by atoms with Crippen LogP contribution in [0.25, 0.3) is 67.1 Å². The summed E-state index contributed by atoms with van der Waals surface area (Å²) >= 11 is 0. The molecule has 0 unspecified atom stereocenters. The molecule has 0 aliphatic rings. The lowest BCUT2D eigenvalue weighted by Crippen LogP contribution is -2.17. The molecule has 0 saturated carbocycles. The van der Waals surface area contributed by atoms with Crippen molar-refractivity contribution in [3.05, 3.63) is 138 Å². The fourth-order valence-corrected chi connectivity index (χ4v) is 6.61. The summed E-state index contributed by atoms with van der Waals surface area (Å²) in [5.74, 6) is 0.825. The van der Waals surface area contributed by atoms with Crippen LogP contribution in [0.1, 0.15) is 58.2 Å². The van der Waals surface area contributed by atoms with Crippen molar-refractivity contribution in [3.63, 3.8) is 0 Å². The third-order valence-electron chi connectivity index (χ3n) is 9.33. The van der Waals surface area contributed by atoms with Crippen LogP contribution in [0.3, 0.4) is 0 Å². The highest BCUT2D eigenvalue weighted by Gasteiger charge is 2.27. The summed E-state index contributed by atoms with van der Waals surface area (Å²) in [5.41, 5.74) is 11.7. The maximum atomic E-state index is 11.7. The average Bonchev–Trinajstić information content (AvgIpc) is 3.55. The van der Waals surface area contributed by atoms with E-state index in [-0.39, 0.29) is 16.6 Å². The van der Waals surface area contributed by atoms with Gasteiger partial charge in [-0.3, -0.25) is 4.98 Å². The first-order valence-corrected chi connectivity index (χ1v) is 17.0. The molecule has 0 amide bonds. The first-order chi connectivity index (χ1) is 23.9. The van der Waals surface area contributed by atoms with Crippen LogP contribution >= 0.6 is 0 Å². The van der Waals surface area contributed by atoms with Gasteiger partial charge < -0.3 is 10.1 Å². The van der Waals surface area contributed by atoms with Crippen LogP contribution in [0.15, 0.2) is 121 Å². The van der Waals surface area contributed by atoms with Crippen LogP contribution in [0.2, 0.25) is 0 Å². The van der Waals surface area contributed by atoms with Crippen molar-refractivity contribution < 1.29 is 5.11 Å². The van der Waals surface area contributed by atoms with Crippen molar-refractivity contribution in [3.8, 4) is 67.8 Å². The van der Waals surface area contributed by atoms with Gasteiger partial charge in [0, 0.05) is 28.5 Å². The quantitative estimate of drug-likeness (QED) is 0.194. The molecule has 0 aliphatic carbocycles. The lowest BCUT2D eigenvalue weighted by Gasteiger charge is -2.27. The van der Waals surface area contributed by atoms with E-state index in [1.54, 1.807) is 0 Å². The van der Waals surface area contributed by atoms with Crippen molar-refractivity contribution in [1.82, 2.24) is 15.0 Å². The molecule has 0 fully saturated rings. The number of aromatic nitrogens is 3. The Morgan fingerprint density at radius 1 is 0.640 bits per heavy atom. The van der Waals surface area contributed by atoms with Gasteiger partial charge in [0.2, 0.25) is 0 Å². The van der Waals surface area contributed by atoms with Crippen molar-refractivity contribution in [2.45, 2.75) is 52.4 Å². The molecule has 50 heavy (non-hydrogen) atoms. The lowest BCUT2D eigenvalue weighted by molar-refractivity contribution is 0.446. The summed E-state index contributed by atoms with van der Waals surface area (Å²) < 4.78 is 0. The zero-order chi connectivity index (χ0) is 35.2. The molecule has 7 aromatic rings. The summed E-state index contributed by atoms with van der Waals surface area (Å²) in [7, 11) is 0. The van der Waals surface area contributed by atoms with Crippen LogP contribution in [0.4, 0.5) is 0 Å². The Balaban J connectivity index is 1.48. The number of phenolic OH excluding ortho intramolecular Hbond substituents is 1. The van der Waals surface area contributed by atoms with Gasteiger partial charge in [0.25, 0.3) is 0 Å². The highest BCUT2D eigenvalue weighted by molar-refractivity contribution is 6.01. The van der Waals surface area contributed by atoms with Crippen LogP contribution in [-0.2, 0) is 10.8 Å². The average molecular weight is 653 g/mol. The van der Waals surface area contributed by atoms with E-state index in [1.165, 1.54) is 0 Å². The van der Waals surface area contributed by atoms with E-state index in [0.717, 1.165) is 66.8 Å². The molecule has 0 spiro atoms. The number of nitrogens with zero attached hydrogens (tertiary/aromatic N) is 3. The van der Waals surface area contributed by atoms with Gasteiger partial charge >= 0.3 is 0 Å². The number of aromatic amines is 1. The molecular weight excluding hydrogens is 613 g/mol. The Bertz CT molecular complexity index is 2400. The predicted octanol–water partition coefficient (Wildman–Crippen LogP) is 11.5. The minimum Gasteiger partial charge on any atom is -0.507 e. The summed E-state index contributed by atoms with van der Waals surface area (Å²) in [5, 5.41) is 22.3. The molecule has 2 heterocycles. The molecule has 0 radical (unpaired) electrons. The van der Waals surface area contributed by atoms with Gasteiger partial charge in [-0.15, -0.1) is 0 Å². The Morgan fingerprint density at radius 3 is 2.00 bits per heavy atom. The largest absolute Gasteiger partial charge is 0.507 e. The van der Waals surface area contributed by atoms with E-state index in [1.807, 2.05) is 79.0 Å². The number of phenols is 1. The van der Waals surface area contributed by atoms with Gasteiger partial charge in [-0.1, -0.05) is 120 Å². The van der Waals surface area contributed by atoms with E-state index in [0.29, 0.717) is 17.0 Å². The van der Waals surface area contributed by atoms with Gasteiger partial charge in [0.1, 0.15) is 11.6 Å². The second kappa shape index (κ2) is 12.5. The Labute approximate surface area is 294 Å². The smallest absolute Gasteiger partial charge is 0.142 e. The molecule has 0 saturated heterocycles. The van der Waals surface area contributed by atoms with E-state index in [9.17, 15) is 10.4 Å². The van der Waals surface area contributed by atoms with Gasteiger partial charge in [-0.2, -0.15) is 5.26 Å². The summed E-state index contributed by atoms with van der Waals surface area (Å²) in [4.78, 5) is 13.4. The van der Waals surface area contributed by atoms with E-state index in [4.69, 9.17) is 9.97 Å². The molecule has 7 rings (SSSR count). The summed E-state index contributed by atoms with van der Waals surface area (Å²) in [6.45, 7) is 12.9. The second-order valence-electron chi connectivity index (χ2n) is 14.9. The van der Waals surface area contributed by atoms with Crippen LogP contribution in [0, 0.1) is 11.3 Å². The second-order valence-corrected chi connectivity index (χ2v) is 14.9. The normalized spacial score (nSPS) is 11.9. The number of hydrogen-bond acceptors (Lipinski definition) is 4. The number of pyridine rings is 1. The van der Waals surface area contributed by atoms with Gasteiger partial charge in [-0.05, 0) is 75.0 Å². The van der Waals surface area contributed by atoms with Crippen molar-refractivity contribution in [1.29, 1.82) is 5.26 Å². The Morgan fingerprint density at radius 2 is 1.34 bits per heavy atom. The van der Waals surface area contributed by atoms with Crippen LogP contribution < -0.4 is 0 Å². The Hall–Kier alpha value is -5.99. The number of benzene rings is 5. The van der Waals surface area contributed by atoms with Gasteiger partial charge in [0.15, 0.2) is 0 Å². The van der Waals surface area contributed by atoms with Crippen LogP contribution in [0.5, 0.6) is 5.75 Å². The molecule has 5 nitrogen and oxygen atoms in total. The Kier molecular flexibility index (Phi) is 8.12. The topological polar surface area (TPSA) is 85.6 Å². The monoisotopic (exact) mass is 652 g/mol. The van der Waals surface area contributed by atoms with Crippen molar-refractivity contribution in [2.24, 2.45) is 0 Å².